The second kappa shape index (κ2) is 7.72. The number of aromatic nitrogens is 4. The molecular formula is C19H13F3N6O2S. The zero-order valence-corrected chi connectivity index (χ0v) is 16.3. The maximum absolute atomic E-state index is 13.2. The first kappa shape index (κ1) is 20.3. The second-order valence-corrected chi connectivity index (χ2v) is 7.31. The summed E-state index contributed by atoms with van der Waals surface area (Å²) in [6, 6.07) is 8.02. The highest BCUT2D eigenvalue weighted by Gasteiger charge is 2.31. The molecule has 158 valence electrons. The Bertz CT molecular complexity index is 1260. The minimum atomic E-state index is -4.53. The maximum atomic E-state index is 13.2. The predicted molar refractivity (Wildman–Crippen MR) is 106 cm³/mol. The number of primary amides is 1. The molecule has 0 radical (unpaired) electrons. The summed E-state index contributed by atoms with van der Waals surface area (Å²) in [5.74, 6) is -1.05. The lowest BCUT2D eigenvalue weighted by atomic mass is 10.2. The number of hydrogen-bond donors (Lipinski definition) is 2. The van der Waals surface area contributed by atoms with Crippen molar-refractivity contribution in [3.05, 3.63) is 77.2 Å². The summed E-state index contributed by atoms with van der Waals surface area (Å²) in [6.07, 6.45) is 1.22. The zero-order valence-electron chi connectivity index (χ0n) is 15.5. The number of nitrogens with one attached hydrogen (secondary N) is 1. The smallest absolute Gasteiger partial charge is 0.365 e. The highest BCUT2D eigenvalue weighted by molar-refractivity contribution is 7.17. The van der Waals surface area contributed by atoms with E-state index in [0.29, 0.717) is 0 Å². The molecule has 0 aliphatic rings. The Labute approximate surface area is 176 Å². The van der Waals surface area contributed by atoms with Gasteiger partial charge in [0.15, 0.2) is 10.9 Å². The van der Waals surface area contributed by atoms with Gasteiger partial charge in [-0.15, -0.1) is 0 Å². The Kier molecular flexibility index (Phi) is 5.07. The first-order valence-corrected chi connectivity index (χ1v) is 9.51. The number of amides is 2. The fraction of sp³-hybridized carbons (Fsp3) is 0.0526. The van der Waals surface area contributed by atoms with Gasteiger partial charge in [-0.2, -0.15) is 18.3 Å². The van der Waals surface area contributed by atoms with Gasteiger partial charge in [0.2, 0.25) is 0 Å². The highest BCUT2D eigenvalue weighted by Crippen LogP contribution is 2.31. The zero-order chi connectivity index (χ0) is 22.2. The Balaban J connectivity index is 1.76. The highest BCUT2D eigenvalue weighted by atomic mass is 32.1. The maximum Gasteiger partial charge on any atom is 0.416 e. The van der Waals surface area contributed by atoms with Crippen molar-refractivity contribution in [2.45, 2.75) is 6.18 Å². The molecular weight excluding hydrogens is 433 g/mol. The molecule has 0 aliphatic heterocycles. The minimum absolute atomic E-state index is 0.0874. The quantitative estimate of drug-likeness (QED) is 0.489. The summed E-state index contributed by atoms with van der Waals surface area (Å²) >= 11 is 0.899. The molecule has 4 aromatic rings. The van der Waals surface area contributed by atoms with E-state index in [1.165, 1.54) is 29.2 Å². The first-order valence-electron chi connectivity index (χ1n) is 8.70. The van der Waals surface area contributed by atoms with E-state index in [9.17, 15) is 22.8 Å². The Hall–Kier alpha value is -3.93. The van der Waals surface area contributed by atoms with Crippen LogP contribution in [0.1, 0.15) is 25.6 Å². The number of hydrogen-bond acceptors (Lipinski definition) is 5. The van der Waals surface area contributed by atoms with Crippen molar-refractivity contribution in [2.75, 3.05) is 5.32 Å². The number of carbonyl (C=O) groups is 2. The molecule has 31 heavy (non-hydrogen) atoms. The normalized spacial score (nSPS) is 11.5. The standard InChI is InChI=1S/C19H13F3N6O2S/c20-19(21,22)11-4-3-5-12(8-11)28-17(27-6-1-2-7-27)13(9-25-28)16(30)26-18-24-10-14(31-18)15(23)29/h1-10H,(H2,23,29)(H,24,26,30). The monoisotopic (exact) mass is 446 g/mol. The van der Waals surface area contributed by atoms with Crippen LogP contribution in [0.3, 0.4) is 0 Å². The van der Waals surface area contributed by atoms with Crippen molar-refractivity contribution in [1.82, 2.24) is 19.3 Å². The average molecular weight is 446 g/mol. The summed E-state index contributed by atoms with van der Waals surface area (Å²) in [5, 5.41) is 6.83. The van der Waals surface area contributed by atoms with Crippen LogP contribution in [0.5, 0.6) is 0 Å². The van der Waals surface area contributed by atoms with Gasteiger partial charge in [-0.1, -0.05) is 17.4 Å². The molecule has 0 atom stereocenters. The van der Waals surface area contributed by atoms with E-state index in [2.05, 4.69) is 15.4 Å². The van der Waals surface area contributed by atoms with Crippen LogP contribution in [0.4, 0.5) is 18.3 Å². The molecule has 12 heteroatoms. The van der Waals surface area contributed by atoms with Crippen LogP contribution in [0, 0.1) is 0 Å². The van der Waals surface area contributed by atoms with Crippen LogP contribution in [0.25, 0.3) is 11.5 Å². The molecule has 0 saturated heterocycles. The van der Waals surface area contributed by atoms with E-state index in [1.54, 1.807) is 29.1 Å². The molecule has 3 heterocycles. The molecule has 1 aromatic carbocycles. The van der Waals surface area contributed by atoms with Gasteiger partial charge in [-0.3, -0.25) is 14.9 Å². The van der Waals surface area contributed by atoms with Gasteiger partial charge in [0.25, 0.3) is 11.8 Å². The van der Waals surface area contributed by atoms with Gasteiger partial charge in [-0.25, -0.2) is 9.67 Å². The van der Waals surface area contributed by atoms with Crippen molar-refractivity contribution in [3.8, 4) is 11.5 Å². The molecule has 0 saturated carbocycles. The van der Waals surface area contributed by atoms with E-state index < -0.39 is 23.6 Å². The fourth-order valence-corrected chi connectivity index (χ4v) is 3.50. The van der Waals surface area contributed by atoms with E-state index >= 15 is 0 Å². The number of carbonyl (C=O) groups excluding carboxylic acids is 2. The van der Waals surface area contributed by atoms with Crippen molar-refractivity contribution in [2.24, 2.45) is 5.73 Å². The lowest BCUT2D eigenvalue weighted by molar-refractivity contribution is -0.137. The average Bonchev–Trinajstić information content (AvgIpc) is 3.47. The number of nitrogens with two attached hydrogens (primary N) is 1. The summed E-state index contributed by atoms with van der Waals surface area (Å²) in [6.45, 7) is 0. The van der Waals surface area contributed by atoms with Gasteiger partial charge in [-0.05, 0) is 30.3 Å². The Morgan fingerprint density at radius 1 is 1.10 bits per heavy atom. The summed E-state index contributed by atoms with van der Waals surface area (Å²) < 4.78 is 42.3. The molecule has 3 aromatic heterocycles. The van der Waals surface area contributed by atoms with Crippen LogP contribution in [0.15, 0.2) is 61.2 Å². The third kappa shape index (κ3) is 4.05. The molecule has 8 nitrogen and oxygen atoms in total. The molecule has 0 fully saturated rings. The molecule has 3 N–H and O–H groups in total. The number of rotatable bonds is 5. The van der Waals surface area contributed by atoms with Crippen LogP contribution in [-0.4, -0.2) is 31.1 Å². The molecule has 2 amide bonds. The summed E-state index contributed by atoms with van der Waals surface area (Å²) in [4.78, 5) is 28.2. The predicted octanol–water partition coefficient (Wildman–Crippen LogP) is 3.49. The van der Waals surface area contributed by atoms with Crippen molar-refractivity contribution in [1.29, 1.82) is 0 Å². The lowest BCUT2D eigenvalue weighted by Crippen LogP contribution is -2.15. The third-order valence-corrected chi connectivity index (χ3v) is 5.15. The van der Waals surface area contributed by atoms with Gasteiger partial charge < -0.3 is 10.3 Å². The minimum Gasteiger partial charge on any atom is -0.365 e. The number of halogens is 3. The van der Waals surface area contributed by atoms with Crippen LogP contribution >= 0.6 is 11.3 Å². The van der Waals surface area contributed by atoms with Gasteiger partial charge in [0.05, 0.1) is 23.6 Å². The number of alkyl halides is 3. The summed E-state index contributed by atoms with van der Waals surface area (Å²) in [7, 11) is 0. The number of nitrogens with zero attached hydrogens (tertiary/aromatic N) is 4. The van der Waals surface area contributed by atoms with E-state index in [0.717, 1.165) is 23.5 Å². The molecule has 0 unspecified atom stereocenters. The van der Waals surface area contributed by atoms with Crippen molar-refractivity contribution in [3.63, 3.8) is 0 Å². The number of thiazole rings is 1. The SMILES string of the molecule is NC(=O)c1cnc(NC(=O)c2cnn(-c3cccc(C(F)(F)F)c3)c2-n2cccc2)s1. The van der Waals surface area contributed by atoms with Gasteiger partial charge >= 0.3 is 6.18 Å². The van der Waals surface area contributed by atoms with Crippen molar-refractivity contribution >= 4 is 28.3 Å². The Morgan fingerprint density at radius 3 is 2.48 bits per heavy atom. The molecule has 0 spiro atoms. The van der Waals surface area contributed by atoms with Crippen LogP contribution in [-0.2, 0) is 6.18 Å². The number of benzene rings is 1. The van der Waals surface area contributed by atoms with Gasteiger partial charge in [0, 0.05) is 12.4 Å². The van der Waals surface area contributed by atoms with Gasteiger partial charge in [0.1, 0.15) is 10.4 Å². The molecule has 4 rings (SSSR count). The van der Waals surface area contributed by atoms with E-state index in [1.807, 2.05) is 0 Å². The lowest BCUT2D eigenvalue weighted by Gasteiger charge is -2.13. The molecule has 0 aliphatic carbocycles. The van der Waals surface area contributed by atoms with E-state index in [-0.39, 0.29) is 27.1 Å². The Morgan fingerprint density at radius 2 is 1.84 bits per heavy atom. The fourth-order valence-electron chi connectivity index (χ4n) is 2.84. The molecule has 0 bridgehead atoms. The first-order chi connectivity index (χ1) is 14.7. The second-order valence-electron chi connectivity index (χ2n) is 6.28. The summed E-state index contributed by atoms with van der Waals surface area (Å²) in [5.41, 5.74) is 4.56. The third-order valence-electron chi connectivity index (χ3n) is 4.22. The number of anilines is 1. The van der Waals surface area contributed by atoms with Crippen LogP contribution < -0.4 is 11.1 Å². The topological polar surface area (TPSA) is 108 Å². The van der Waals surface area contributed by atoms with Crippen molar-refractivity contribution < 1.29 is 22.8 Å². The van der Waals surface area contributed by atoms with Crippen LogP contribution in [0.2, 0.25) is 0 Å². The van der Waals surface area contributed by atoms with E-state index in [4.69, 9.17) is 5.73 Å². The largest absolute Gasteiger partial charge is 0.416 e.